The SMILES string of the molecule is CCC(C)C(NC(=O)C(Cc1c[nH]c2ccccc12)NC(=O)C(N)CC(N)=O)C(=O)NC(C)C(=O)O. The van der Waals surface area contributed by atoms with Crippen molar-refractivity contribution >= 4 is 40.5 Å². The Morgan fingerprint density at radius 3 is 2.28 bits per heavy atom. The number of carbonyl (C=O) groups is 5. The molecule has 12 nitrogen and oxygen atoms in total. The lowest BCUT2D eigenvalue weighted by Gasteiger charge is -2.27. The molecular weight excluding hydrogens is 468 g/mol. The summed E-state index contributed by atoms with van der Waals surface area (Å²) in [5.74, 6) is -4.39. The molecule has 9 N–H and O–H groups in total. The number of aromatic nitrogens is 1. The number of amides is 4. The lowest BCUT2D eigenvalue weighted by Crippen LogP contribution is -2.59. The maximum Gasteiger partial charge on any atom is 0.325 e. The number of nitrogens with one attached hydrogen (secondary N) is 4. The highest BCUT2D eigenvalue weighted by Gasteiger charge is 2.32. The minimum atomic E-state index is -1.26. The number of primary amides is 1. The maximum atomic E-state index is 13.4. The number of hydrogen-bond acceptors (Lipinski definition) is 6. The summed E-state index contributed by atoms with van der Waals surface area (Å²) in [7, 11) is 0. The van der Waals surface area contributed by atoms with E-state index in [0.717, 1.165) is 16.5 Å². The van der Waals surface area contributed by atoms with Crippen molar-refractivity contribution in [3.05, 3.63) is 36.0 Å². The van der Waals surface area contributed by atoms with E-state index in [1.807, 2.05) is 31.2 Å². The van der Waals surface area contributed by atoms with E-state index in [-0.39, 0.29) is 12.3 Å². The molecule has 1 heterocycles. The molecule has 4 amide bonds. The van der Waals surface area contributed by atoms with Crippen LogP contribution in [0.2, 0.25) is 0 Å². The fourth-order valence-electron chi connectivity index (χ4n) is 3.64. The van der Waals surface area contributed by atoms with E-state index in [1.165, 1.54) is 6.92 Å². The molecule has 0 saturated heterocycles. The van der Waals surface area contributed by atoms with Gasteiger partial charge in [0.2, 0.25) is 23.6 Å². The van der Waals surface area contributed by atoms with Gasteiger partial charge in [-0.2, -0.15) is 0 Å². The lowest BCUT2D eigenvalue weighted by atomic mass is 9.96. The minimum absolute atomic E-state index is 0.0608. The smallest absolute Gasteiger partial charge is 0.325 e. The van der Waals surface area contributed by atoms with Crippen molar-refractivity contribution < 1.29 is 29.1 Å². The number of carboxylic acids is 1. The Bertz CT molecular complexity index is 1120. The van der Waals surface area contributed by atoms with Crippen LogP contribution in [0.1, 0.15) is 39.2 Å². The monoisotopic (exact) mass is 502 g/mol. The van der Waals surface area contributed by atoms with Gasteiger partial charge in [-0.3, -0.25) is 24.0 Å². The highest BCUT2D eigenvalue weighted by atomic mass is 16.4. The standard InChI is InChI=1S/C24H34N6O6/c1-4-12(2)20(23(34)28-13(3)24(35)36)30-22(33)18(29-21(32)16(25)10-19(26)31)9-14-11-27-17-8-6-5-7-15(14)17/h5-8,11-13,16,18,20,27H,4,9-10,25H2,1-3H3,(H2,26,31)(H,28,34)(H,29,32)(H,30,33)(H,35,36). The van der Waals surface area contributed by atoms with Gasteiger partial charge in [0.25, 0.3) is 0 Å². The zero-order chi connectivity index (χ0) is 27.0. The van der Waals surface area contributed by atoms with Gasteiger partial charge >= 0.3 is 5.97 Å². The summed E-state index contributed by atoms with van der Waals surface area (Å²) in [4.78, 5) is 64.3. The molecule has 0 aliphatic carbocycles. The van der Waals surface area contributed by atoms with Crippen LogP contribution in [0.5, 0.6) is 0 Å². The molecule has 2 aromatic rings. The van der Waals surface area contributed by atoms with E-state index in [4.69, 9.17) is 16.6 Å². The van der Waals surface area contributed by atoms with Gasteiger partial charge in [-0.1, -0.05) is 38.5 Å². The highest BCUT2D eigenvalue weighted by Crippen LogP contribution is 2.19. The molecule has 0 aliphatic heterocycles. The summed E-state index contributed by atoms with van der Waals surface area (Å²) in [5, 5.41) is 17.6. The number of carbonyl (C=O) groups excluding carboxylic acids is 4. The molecule has 1 aromatic heterocycles. The van der Waals surface area contributed by atoms with Crippen LogP contribution < -0.4 is 27.4 Å². The normalized spacial score (nSPS) is 15.2. The predicted molar refractivity (Wildman–Crippen MR) is 132 cm³/mol. The second-order valence-electron chi connectivity index (χ2n) is 8.84. The molecule has 2 rings (SSSR count). The average Bonchev–Trinajstić information content (AvgIpc) is 3.23. The van der Waals surface area contributed by atoms with Crippen LogP contribution in [-0.4, -0.2) is 63.9 Å². The van der Waals surface area contributed by atoms with Crippen LogP contribution >= 0.6 is 0 Å². The Labute approximate surface area is 208 Å². The molecule has 0 aliphatic rings. The van der Waals surface area contributed by atoms with E-state index >= 15 is 0 Å². The summed E-state index contributed by atoms with van der Waals surface area (Å²) in [6.07, 6.45) is 1.89. The highest BCUT2D eigenvalue weighted by molar-refractivity contribution is 5.95. The van der Waals surface area contributed by atoms with Crippen molar-refractivity contribution in [1.82, 2.24) is 20.9 Å². The number of aliphatic carboxylic acids is 1. The van der Waals surface area contributed by atoms with Gasteiger partial charge < -0.3 is 37.5 Å². The van der Waals surface area contributed by atoms with Crippen LogP contribution in [0, 0.1) is 5.92 Å². The van der Waals surface area contributed by atoms with E-state index in [0.29, 0.717) is 6.42 Å². The molecule has 0 fully saturated rings. The number of aromatic amines is 1. The molecule has 1 aromatic carbocycles. The second kappa shape index (κ2) is 12.7. The Kier molecular flexibility index (Phi) is 9.97. The first-order valence-electron chi connectivity index (χ1n) is 11.7. The first kappa shape index (κ1) is 28.3. The molecule has 196 valence electrons. The van der Waals surface area contributed by atoms with Gasteiger partial charge in [0.15, 0.2) is 0 Å². The summed E-state index contributed by atoms with van der Waals surface area (Å²) in [6, 6.07) is 2.80. The molecule has 0 bridgehead atoms. The minimum Gasteiger partial charge on any atom is -0.480 e. The van der Waals surface area contributed by atoms with Gasteiger partial charge in [-0.05, 0) is 24.5 Å². The molecule has 12 heteroatoms. The van der Waals surface area contributed by atoms with Crippen molar-refractivity contribution in [2.45, 2.75) is 64.2 Å². The van der Waals surface area contributed by atoms with Crippen molar-refractivity contribution in [2.24, 2.45) is 17.4 Å². The van der Waals surface area contributed by atoms with Crippen molar-refractivity contribution in [3.8, 4) is 0 Å². The van der Waals surface area contributed by atoms with Crippen LogP contribution in [0.3, 0.4) is 0 Å². The van der Waals surface area contributed by atoms with Crippen LogP contribution in [0.25, 0.3) is 10.9 Å². The molecule has 5 unspecified atom stereocenters. The quantitative estimate of drug-likeness (QED) is 0.191. The third-order valence-corrected chi connectivity index (χ3v) is 6.01. The van der Waals surface area contributed by atoms with E-state index in [1.54, 1.807) is 13.1 Å². The fourth-order valence-corrected chi connectivity index (χ4v) is 3.64. The lowest BCUT2D eigenvalue weighted by molar-refractivity contribution is -0.142. The first-order valence-corrected chi connectivity index (χ1v) is 11.7. The number of H-pyrrole nitrogens is 1. The van der Waals surface area contributed by atoms with Gasteiger partial charge in [-0.25, -0.2) is 0 Å². The Hall–Kier alpha value is -3.93. The zero-order valence-electron chi connectivity index (χ0n) is 20.5. The summed E-state index contributed by atoms with van der Waals surface area (Å²) < 4.78 is 0. The number of hydrogen-bond donors (Lipinski definition) is 7. The number of nitrogens with two attached hydrogens (primary N) is 2. The van der Waals surface area contributed by atoms with E-state index in [2.05, 4.69) is 20.9 Å². The summed E-state index contributed by atoms with van der Waals surface area (Å²) >= 11 is 0. The third kappa shape index (κ3) is 7.54. The molecule has 36 heavy (non-hydrogen) atoms. The van der Waals surface area contributed by atoms with Gasteiger partial charge in [0, 0.05) is 23.5 Å². The predicted octanol–water partition coefficient (Wildman–Crippen LogP) is -0.482. The number of benzene rings is 1. The number of fused-ring (bicyclic) bond motifs is 1. The van der Waals surface area contributed by atoms with E-state index in [9.17, 15) is 24.0 Å². The first-order chi connectivity index (χ1) is 16.9. The average molecular weight is 503 g/mol. The summed E-state index contributed by atoms with van der Waals surface area (Å²) in [5.41, 5.74) is 12.5. The molecule has 0 spiro atoms. The van der Waals surface area contributed by atoms with Gasteiger partial charge in [0.1, 0.15) is 18.1 Å². The third-order valence-electron chi connectivity index (χ3n) is 6.01. The zero-order valence-corrected chi connectivity index (χ0v) is 20.5. The van der Waals surface area contributed by atoms with Gasteiger partial charge in [0.05, 0.1) is 12.5 Å². The molecule has 5 atom stereocenters. The number of carboxylic acid groups (broad SMARTS) is 1. The van der Waals surface area contributed by atoms with Crippen LogP contribution in [0.4, 0.5) is 0 Å². The molecule has 0 saturated carbocycles. The second-order valence-corrected chi connectivity index (χ2v) is 8.84. The maximum absolute atomic E-state index is 13.4. The van der Waals surface area contributed by atoms with Crippen molar-refractivity contribution in [1.29, 1.82) is 0 Å². The Morgan fingerprint density at radius 1 is 1.00 bits per heavy atom. The topological polar surface area (TPSA) is 209 Å². The Balaban J connectivity index is 2.31. The van der Waals surface area contributed by atoms with Crippen LogP contribution in [-0.2, 0) is 30.4 Å². The van der Waals surface area contributed by atoms with Gasteiger partial charge in [-0.15, -0.1) is 0 Å². The summed E-state index contributed by atoms with van der Waals surface area (Å²) in [6.45, 7) is 4.88. The molecular formula is C24H34N6O6. The largest absolute Gasteiger partial charge is 0.480 e. The molecule has 0 radical (unpaired) electrons. The van der Waals surface area contributed by atoms with Crippen molar-refractivity contribution in [2.75, 3.05) is 0 Å². The van der Waals surface area contributed by atoms with E-state index < -0.39 is 60.2 Å². The number of rotatable bonds is 13. The fraction of sp³-hybridized carbons (Fsp3) is 0.458. The van der Waals surface area contributed by atoms with Crippen LogP contribution in [0.15, 0.2) is 30.5 Å². The number of para-hydroxylation sites is 1. The van der Waals surface area contributed by atoms with Crippen molar-refractivity contribution in [3.63, 3.8) is 0 Å². The Morgan fingerprint density at radius 2 is 1.67 bits per heavy atom.